The summed E-state index contributed by atoms with van der Waals surface area (Å²) in [5.41, 5.74) is 9.53. The highest BCUT2D eigenvalue weighted by Gasteiger charge is 2.28. The van der Waals surface area contributed by atoms with Gasteiger partial charge in [-0.3, -0.25) is 9.59 Å². The number of aliphatic imine (C=N–C) groups is 1. The highest BCUT2D eigenvalue weighted by atomic mass is 32.2. The maximum atomic E-state index is 13.3. The molecule has 4 aromatic carbocycles. The number of sulfonamides is 2. The van der Waals surface area contributed by atoms with Gasteiger partial charge in [-0.05, 0) is 166 Å². The Hall–Kier alpha value is -5.81. The molecule has 73 heavy (non-hydrogen) atoms. The second-order valence-electron chi connectivity index (χ2n) is 18.8. The summed E-state index contributed by atoms with van der Waals surface area (Å²) in [7, 11) is -7.74. The summed E-state index contributed by atoms with van der Waals surface area (Å²) >= 11 is 12.4. The van der Waals surface area contributed by atoms with E-state index in [1.807, 2.05) is 64.1 Å². The van der Waals surface area contributed by atoms with Crippen LogP contribution in [0.1, 0.15) is 90.5 Å². The normalized spacial score (nSPS) is 11.4. The van der Waals surface area contributed by atoms with E-state index in [1.165, 1.54) is 48.7 Å². The van der Waals surface area contributed by atoms with Crippen LogP contribution in [0.3, 0.4) is 0 Å². The van der Waals surface area contributed by atoms with Crippen molar-refractivity contribution < 1.29 is 26.4 Å². The number of benzene rings is 4. The average Bonchev–Trinajstić information content (AvgIpc) is 3.94. The van der Waals surface area contributed by atoms with Crippen molar-refractivity contribution in [3.05, 3.63) is 97.3 Å². The lowest BCUT2D eigenvalue weighted by Crippen LogP contribution is -2.40. The number of thiazole rings is 2. The molecular weight excluding hydrogens is 1040 g/mol. The van der Waals surface area contributed by atoms with Gasteiger partial charge in [0.05, 0.1) is 30.7 Å². The van der Waals surface area contributed by atoms with Gasteiger partial charge in [-0.2, -0.15) is 0 Å². The van der Waals surface area contributed by atoms with Gasteiger partial charge >= 0.3 is 0 Å². The molecule has 8 N–H and O–H groups in total. The predicted molar refractivity (Wildman–Crippen MR) is 311 cm³/mol. The van der Waals surface area contributed by atoms with E-state index < -0.39 is 31.1 Å². The van der Waals surface area contributed by atoms with Crippen LogP contribution in [0.25, 0.3) is 42.0 Å². The van der Waals surface area contributed by atoms with Crippen molar-refractivity contribution in [1.29, 1.82) is 0 Å². The van der Waals surface area contributed by atoms with Gasteiger partial charge in [0.15, 0.2) is 5.11 Å². The topological polar surface area (TPSA) is 239 Å². The Morgan fingerprint density at radius 3 is 1.36 bits per heavy atom. The van der Waals surface area contributed by atoms with Gasteiger partial charge in [0.25, 0.3) is 0 Å². The fourth-order valence-electron chi connectivity index (χ4n) is 6.30. The Labute approximate surface area is 449 Å². The smallest absolute Gasteiger partial charge is 0.241 e. The number of nitrogens with two attached hydrogens (primary N) is 1. The SMILES string of the molecule is C.CC(=O)Nc1ccc(-c2cnc(-c3ccc(N)cc3)s2)c(S(=O)(=O)NC(C)(C)C)c1.CC(=O)Nc1ccc(-c2cnc(-c3ccc(NC(=S)NC(C)C)cc3)s2)c(S(=O)(=O)NC(C)(C)C)c1.CC(C)N=C=S. The summed E-state index contributed by atoms with van der Waals surface area (Å²) in [4.78, 5) is 37.2. The number of aromatic nitrogens is 2. The zero-order valence-corrected chi connectivity index (χ0v) is 47.1. The maximum absolute atomic E-state index is 13.3. The zero-order chi connectivity index (χ0) is 53.8. The summed E-state index contributed by atoms with van der Waals surface area (Å²) in [5, 5.41) is 15.9. The Morgan fingerprint density at radius 2 is 1.03 bits per heavy atom. The summed E-state index contributed by atoms with van der Waals surface area (Å²) in [6.45, 7) is 21.3. The van der Waals surface area contributed by atoms with Crippen molar-refractivity contribution in [3.8, 4) is 42.0 Å². The highest BCUT2D eigenvalue weighted by Crippen LogP contribution is 2.39. The van der Waals surface area contributed by atoms with E-state index in [2.05, 4.69) is 63.1 Å². The van der Waals surface area contributed by atoms with Crippen LogP contribution in [-0.2, 0) is 29.6 Å². The second kappa shape index (κ2) is 26.4. The molecule has 2 heterocycles. The van der Waals surface area contributed by atoms with E-state index in [4.69, 9.17) is 18.0 Å². The van der Waals surface area contributed by atoms with Crippen LogP contribution in [0.4, 0.5) is 22.7 Å². The molecule has 2 aromatic heterocycles. The number of carbonyl (C=O) groups is 2. The molecule has 22 heteroatoms. The van der Waals surface area contributed by atoms with Crippen molar-refractivity contribution in [2.75, 3.05) is 21.7 Å². The number of nitrogen functional groups attached to an aromatic ring is 1. The molecule has 2 amide bonds. The maximum Gasteiger partial charge on any atom is 0.241 e. The first-order valence-corrected chi connectivity index (χ1v) is 27.8. The molecule has 0 unspecified atom stereocenters. The fourth-order valence-corrected chi connectivity index (χ4v) is 12.2. The van der Waals surface area contributed by atoms with Crippen molar-refractivity contribution >= 4 is 112 Å². The first-order chi connectivity index (χ1) is 33.4. The van der Waals surface area contributed by atoms with Gasteiger partial charge in [0.1, 0.15) is 10.0 Å². The van der Waals surface area contributed by atoms with Crippen LogP contribution in [0.15, 0.2) is 112 Å². The van der Waals surface area contributed by atoms with Crippen molar-refractivity contribution in [2.45, 2.75) is 123 Å². The molecular formula is C51H66N10O6S6. The molecule has 0 bridgehead atoms. The first kappa shape index (κ1) is 61.5. The third kappa shape index (κ3) is 19.9. The largest absolute Gasteiger partial charge is 0.399 e. The zero-order valence-electron chi connectivity index (χ0n) is 42.2. The molecule has 0 atom stereocenters. The molecule has 0 spiro atoms. The van der Waals surface area contributed by atoms with Gasteiger partial charge in [-0.25, -0.2) is 41.2 Å². The predicted octanol–water partition coefficient (Wildman–Crippen LogP) is 11.4. The summed E-state index contributed by atoms with van der Waals surface area (Å²) < 4.78 is 58.2. The van der Waals surface area contributed by atoms with Gasteiger partial charge in [0, 0.05) is 88.4 Å². The van der Waals surface area contributed by atoms with Gasteiger partial charge in [-0.15, -0.1) is 22.7 Å². The van der Waals surface area contributed by atoms with Crippen LogP contribution < -0.4 is 36.4 Å². The number of amides is 2. The fraction of sp³-hybridized carbons (Fsp3) is 0.333. The first-order valence-electron chi connectivity index (χ1n) is 22.4. The number of hydrogen-bond acceptors (Lipinski definition) is 14. The summed E-state index contributed by atoms with van der Waals surface area (Å²) in [5.74, 6) is -0.563. The third-order valence-electron chi connectivity index (χ3n) is 8.88. The lowest BCUT2D eigenvalue weighted by atomic mass is 10.1. The minimum Gasteiger partial charge on any atom is -0.399 e. The van der Waals surface area contributed by atoms with E-state index in [0.717, 1.165) is 26.8 Å². The van der Waals surface area contributed by atoms with Gasteiger partial charge in [0.2, 0.25) is 31.9 Å². The van der Waals surface area contributed by atoms with Crippen LogP contribution in [0.2, 0.25) is 0 Å². The Kier molecular flexibility index (Phi) is 22.3. The third-order valence-corrected chi connectivity index (χ3v) is 15.0. The molecule has 0 radical (unpaired) electrons. The molecule has 6 rings (SSSR count). The Balaban J connectivity index is 0.000000346. The lowest BCUT2D eigenvalue weighted by Gasteiger charge is -2.22. The van der Waals surface area contributed by atoms with Gasteiger partial charge < -0.3 is 27.0 Å². The van der Waals surface area contributed by atoms with Crippen molar-refractivity contribution in [1.82, 2.24) is 24.7 Å². The number of thiocarbonyl (C=S) groups is 2. The number of isothiocyanates is 1. The molecule has 6 aromatic rings. The average molecular weight is 1110 g/mol. The summed E-state index contributed by atoms with van der Waals surface area (Å²) in [6, 6.07) is 25.2. The van der Waals surface area contributed by atoms with Crippen molar-refractivity contribution in [2.24, 2.45) is 4.99 Å². The van der Waals surface area contributed by atoms with E-state index in [-0.39, 0.29) is 35.1 Å². The number of nitrogens with zero attached hydrogens (tertiary/aromatic N) is 3. The summed E-state index contributed by atoms with van der Waals surface area (Å²) in [6.07, 6.45) is 3.32. The van der Waals surface area contributed by atoms with E-state index in [1.54, 1.807) is 90.3 Å². The van der Waals surface area contributed by atoms with Crippen LogP contribution in [0.5, 0.6) is 0 Å². The quantitative estimate of drug-likeness (QED) is 0.0324. The van der Waals surface area contributed by atoms with Crippen molar-refractivity contribution in [3.63, 3.8) is 0 Å². The van der Waals surface area contributed by atoms with Crippen LogP contribution in [-0.4, -0.2) is 72.1 Å². The Bertz CT molecular complexity index is 3130. The molecule has 16 nitrogen and oxygen atoms in total. The number of nitrogens with one attached hydrogen (secondary N) is 6. The monoisotopic (exact) mass is 1110 g/mol. The number of rotatable bonds is 13. The molecule has 0 aliphatic carbocycles. The van der Waals surface area contributed by atoms with E-state index in [0.29, 0.717) is 49.1 Å². The van der Waals surface area contributed by atoms with Crippen LogP contribution in [0, 0.1) is 0 Å². The number of hydrogen-bond donors (Lipinski definition) is 7. The second-order valence-corrected chi connectivity index (χ2v) is 24.8. The molecule has 0 saturated heterocycles. The molecule has 0 fully saturated rings. The van der Waals surface area contributed by atoms with E-state index >= 15 is 0 Å². The number of carbonyl (C=O) groups excluding carboxylic acids is 2. The minimum absolute atomic E-state index is 0. The lowest BCUT2D eigenvalue weighted by molar-refractivity contribution is -0.115. The van der Waals surface area contributed by atoms with Gasteiger partial charge in [-0.1, -0.05) is 19.6 Å². The highest BCUT2D eigenvalue weighted by molar-refractivity contribution is 7.90. The molecule has 0 saturated carbocycles. The molecule has 0 aliphatic rings. The van der Waals surface area contributed by atoms with E-state index in [9.17, 15) is 26.4 Å². The molecule has 0 aliphatic heterocycles. The van der Waals surface area contributed by atoms with Crippen LogP contribution >= 0.6 is 47.1 Å². The Morgan fingerprint density at radius 1 is 0.644 bits per heavy atom. The number of anilines is 4. The molecule has 392 valence electrons. The minimum atomic E-state index is -3.89. The standard InChI is InChI=1S/C25H31N5O3S3.C21H24N4O3S2.C4H7NS.CH4/c1-15(2)27-24(34)29-18-9-7-17(8-10-18)23-26-14-21(35-23)20-12-11-19(28-16(3)31)13-22(20)36(32,33)30-25(4,5)6;1-13(26)24-16-9-10-17(19(11-16)30(27,28)25-21(2,3)4)18-12-23-20(29-18)14-5-7-15(22)8-6-14;1-4(2)5-3-6;/h7-15,30H,1-6H3,(H,28,31)(H2,27,29,34);5-12,25H,22H2,1-4H3,(H,24,26);4H,1-2H3;1H4.